The number of rotatable bonds is 20. The summed E-state index contributed by atoms with van der Waals surface area (Å²) in [6, 6.07) is 0.0809. The number of morpholine rings is 1. The van der Waals surface area contributed by atoms with Gasteiger partial charge >= 0.3 is 0 Å². The highest BCUT2D eigenvalue weighted by molar-refractivity contribution is 5.83. The van der Waals surface area contributed by atoms with E-state index in [1.807, 2.05) is 0 Å². The van der Waals surface area contributed by atoms with Crippen molar-refractivity contribution in [2.45, 2.75) is 135 Å². The molecule has 0 aromatic carbocycles. The van der Waals surface area contributed by atoms with Crippen LogP contribution in [0.3, 0.4) is 0 Å². The van der Waals surface area contributed by atoms with Crippen molar-refractivity contribution in [1.29, 1.82) is 0 Å². The number of hydrogen-bond acceptors (Lipinski definition) is 2. The molecule has 1 saturated heterocycles. The molecule has 1 aliphatic heterocycles. The molecular weight excluding hydrogens is 370 g/mol. The number of carbonyl (C=O) groups is 1. The Bertz CT molecular complexity index is 412. The minimum Gasteiger partial charge on any atom is -0.369 e. The second kappa shape index (κ2) is 18.2. The van der Waals surface area contributed by atoms with E-state index in [0.29, 0.717) is 12.4 Å². The Morgan fingerprint density at radius 2 is 1.20 bits per heavy atom. The first-order chi connectivity index (χ1) is 14.6. The van der Waals surface area contributed by atoms with Gasteiger partial charge in [0.15, 0.2) is 11.8 Å². The third kappa shape index (κ3) is 12.4. The van der Waals surface area contributed by atoms with Gasteiger partial charge in [-0.05, 0) is 19.3 Å². The van der Waals surface area contributed by atoms with Gasteiger partial charge in [-0.3, -0.25) is 4.79 Å². The normalized spacial score (nSPS) is 21.8. The lowest BCUT2D eigenvalue weighted by molar-refractivity contribution is -0.932. The monoisotopic (exact) mass is 424 g/mol. The molecule has 0 saturated carbocycles. The lowest BCUT2D eigenvalue weighted by Gasteiger charge is -2.43. The summed E-state index contributed by atoms with van der Waals surface area (Å²) < 4.78 is 6.66. The van der Waals surface area contributed by atoms with E-state index in [9.17, 15) is 4.79 Å². The van der Waals surface area contributed by atoms with Crippen LogP contribution >= 0.6 is 0 Å². The number of likely N-dealkylation sites (N-methyl/N-ethyl adjacent to an activating group) is 1. The van der Waals surface area contributed by atoms with Gasteiger partial charge in [-0.2, -0.15) is 0 Å². The molecule has 2 atom stereocenters. The van der Waals surface area contributed by atoms with Gasteiger partial charge < -0.3 is 9.22 Å². The van der Waals surface area contributed by atoms with Crippen LogP contribution in [-0.2, 0) is 9.53 Å². The highest BCUT2D eigenvalue weighted by Gasteiger charge is 2.40. The summed E-state index contributed by atoms with van der Waals surface area (Å²) in [5.41, 5.74) is 0. The minimum atomic E-state index is 0.0809. The molecule has 0 aromatic heterocycles. The first kappa shape index (κ1) is 27.6. The zero-order chi connectivity index (χ0) is 21.9. The number of ketones is 1. The minimum absolute atomic E-state index is 0.0809. The van der Waals surface area contributed by atoms with Crippen molar-refractivity contribution in [2.75, 3.05) is 33.4 Å². The van der Waals surface area contributed by atoms with Gasteiger partial charge in [0.05, 0.1) is 20.2 Å². The second-order valence-corrected chi connectivity index (χ2v) is 10.0. The van der Waals surface area contributed by atoms with Crippen LogP contribution in [0.2, 0.25) is 0 Å². The fraction of sp³-hybridized carbons (Fsp3) is 0.963. The van der Waals surface area contributed by atoms with E-state index in [-0.39, 0.29) is 6.04 Å². The van der Waals surface area contributed by atoms with E-state index in [1.165, 1.54) is 103 Å². The summed E-state index contributed by atoms with van der Waals surface area (Å²) in [7, 11) is 2.31. The van der Waals surface area contributed by atoms with Crippen LogP contribution in [0.25, 0.3) is 0 Å². The molecule has 1 heterocycles. The number of Topliss-reactive ketones (excluding diaryl/α,β-unsaturated/α-hetero) is 1. The molecule has 0 spiro atoms. The Hall–Kier alpha value is -0.410. The molecule has 0 aromatic rings. The smallest absolute Gasteiger partial charge is 0.192 e. The number of hydrogen-bond donors (Lipinski definition) is 0. The molecule has 0 N–H and O–H groups in total. The molecule has 1 rings (SSSR count). The van der Waals surface area contributed by atoms with Crippen molar-refractivity contribution in [3.8, 4) is 0 Å². The maximum atomic E-state index is 12.9. The van der Waals surface area contributed by atoms with E-state index in [2.05, 4.69) is 20.9 Å². The second-order valence-electron chi connectivity index (χ2n) is 10.0. The molecule has 0 bridgehead atoms. The van der Waals surface area contributed by atoms with E-state index in [4.69, 9.17) is 4.74 Å². The summed E-state index contributed by atoms with van der Waals surface area (Å²) in [6.07, 6.45) is 23.4. The third-order valence-electron chi connectivity index (χ3n) is 7.20. The molecule has 0 radical (unpaired) electrons. The Morgan fingerprint density at radius 3 is 1.73 bits per heavy atom. The van der Waals surface area contributed by atoms with E-state index in [1.54, 1.807) is 0 Å². The predicted octanol–water partition coefficient (Wildman–Crippen LogP) is 7.46. The number of nitrogens with zero attached hydrogens (tertiary/aromatic N) is 1. The zero-order valence-electron chi connectivity index (χ0n) is 20.9. The van der Waals surface area contributed by atoms with Gasteiger partial charge in [0.1, 0.15) is 13.2 Å². The Morgan fingerprint density at radius 1 is 0.733 bits per heavy atom. The van der Waals surface area contributed by atoms with Gasteiger partial charge in [-0.15, -0.1) is 0 Å². The average Bonchev–Trinajstić information content (AvgIpc) is 2.74. The van der Waals surface area contributed by atoms with Crippen molar-refractivity contribution >= 4 is 5.78 Å². The van der Waals surface area contributed by atoms with Gasteiger partial charge in [0.2, 0.25) is 0 Å². The highest BCUT2D eigenvalue weighted by atomic mass is 16.5. The largest absolute Gasteiger partial charge is 0.369 e. The number of ether oxygens (including phenoxy) is 1. The molecule has 0 amide bonds. The van der Waals surface area contributed by atoms with Crippen LogP contribution in [0.4, 0.5) is 0 Å². The Labute approximate surface area is 188 Å². The van der Waals surface area contributed by atoms with Crippen LogP contribution < -0.4 is 0 Å². The molecule has 1 aliphatic rings. The number of quaternary nitrogens is 1. The summed E-state index contributed by atoms with van der Waals surface area (Å²) in [5.74, 6) is 0.456. The lowest BCUT2D eigenvalue weighted by atomic mass is 10.00. The first-order valence-electron chi connectivity index (χ1n) is 13.6. The molecule has 1 fully saturated rings. The first-order valence-corrected chi connectivity index (χ1v) is 13.6. The third-order valence-corrected chi connectivity index (χ3v) is 7.20. The van der Waals surface area contributed by atoms with Crippen molar-refractivity contribution in [3.63, 3.8) is 0 Å². The predicted molar refractivity (Wildman–Crippen MR) is 130 cm³/mol. The van der Waals surface area contributed by atoms with Crippen LogP contribution in [-0.4, -0.2) is 49.7 Å². The molecule has 3 nitrogen and oxygen atoms in total. The van der Waals surface area contributed by atoms with Gasteiger partial charge in [0.25, 0.3) is 0 Å². The van der Waals surface area contributed by atoms with Crippen molar-refractivity contribution in [3.05, 3.63) is 0 Å². The van der Waals surface area contributed by atoms with Crippen molar-refractivity contribution in [1.82, 2.24) is 0 Å². The summed E-state index contributed by atoms with van der Waals surface area (Å²) in [6.45, 7) is 8.15. The van der Waals surface area contributed by atoms with Crippen molar-refractivity contribution < 1.29 is 14.0 Å². The molecule has 178 valence electrons. The number of unbranched alkanes of at least 4 members (excludes halogenated alkanes) is 15. The molecule has 0 aliphatic carbocycles. The lowest BCUT2D eigenvalue weighted by Crippen LogP contribution is -2.62. The van der Waals surface area contributed by atoms with Crippen molar-refractivity contribution in [2.24, 2.45) is 0 Å². The Balaban J connectivity index is 2.18. The van der Waals surface area contributed by atoms with Crippen LogP contribution in [0.15, 0.2) is 0 Å². The fourth-order valence-corrected chi connectivity index (χ4v) is 4.90. The van der Waals surface area contributed by atoms with Crippen LogP contribution in [0, 0.1) is 0 Å². The maximum Gasteiger partial charge on any atom is 0.192 e. The molecular formula is C27H54NO2+. The zero-order valence-corrected chi connectivity index (χ0v) is 20.9. The molecule has 30 heavy (non-hydrogen) atoms. The summed E-state index contributed by atoms with van der Waals surface area (Å²) in [4.78, 5) is 12.9. The fourth-order valence-electron chi connectivity index (χ4n) is 4.90. The number of carbonyl (C=O) groups excluding carboxylic acids is 1. The van der Waals surface area contributed by atoms with Gasteiger partial charge in [-0.1, -0.05) is 104 Å². The maximum absolute atomic E-state index is 12.9. The molecule has 2 unspecified atom stereocenters. The summed E-state index contributed by atoms with van der Waals surface area (Å²) in [5, 5.41) is 0. The average molecular weight is 425 g/mol. The van der Waals surface area contributed by atoms with Crippen LogP contribution in [0.5, 0.6) is 0 Å². The van der Waals surface area contributed by atoms with E-state index in [0.717, 1.165) is 37.0 Å². The topological polar surface area (TPSA) is 26.3 Å². The standard InChI is InChI=1S/C27H54NO2/c1-4-6-8-10-12-13-14-16-18-20-22-28(3)23-24-30-25-26(28)27(29)21-19-17-15-11-9-7-5-2/h26H,4-25H2,1-3H3/q+1. The SMILES string of the molecule is CCCCCCCCCCCC[N+]1(C)CCOCC1C(=O)CCCCCCCCC. The van der Waals surface area contributed by atoms with Gasteiger partial charge in [-0.25, -0.2) is 0 Å². The summed E-state index contributed by atoms with van der Waals surface area (Å²) >= 11 is 0. The molecule has 3 heteroatoms. The van der Waals surface area contributed by atoms with E-state index < -0.39 is 0 Å². The quantitative estimate of drug-likeness (QED) is 0.150. The van der Waals surface area contributed by atoms with Gasteiger partial charge in [0, 0.05) is 6.42 Å². The van der Waals surface area contributed by atoms with E-state index >= 15 is 0 Å². The Kier molecular flexibility index (Phi) is 16.7. The highest BCUT2D eigenvalue weighted by Crippen LogP contribution is 2.21. The van der Waals surface area contributed by atoms with Crippen LogP contribution in [0.1, 0.15) is 129 Å².